The molecule has 2 atom stereocenters. The van der Waals surface area contributed by atoms with E-state index in [0.717, 1.165) is 36.8 Å². The molecular formula is C23H29O3S-. The molecule has 0 aliphatic rings. The monoisotopic (exact) mass is 385 g/mol. The van der Waals surface area contributed by atoms with Gasteiger partial charge in [0, 0.05) is 0 Å². The number of aliphatic carboxylic acids is 1. The normalized spacial score (nSPS) is 13.3. The highest BCUT2D eigenvalue weighted by molar-refractivity contribution is 7.80. The van der Waals surface area contributed by atoms with E-state index in [-0.39, 0.29) is 0 Å². The molecule has 3 nitrogen and oxygen atoms in total. The largest absolute Gasteiger partial charge is 0.547 e. The van der Waals surface area contributed by atoms with E-state index < -0.39 is 17.3 Å². The second-order valence-corrected chi connectivity index (χ2v) is 7.57. The zero-order valence-corrected chi connectivity index (χ0v) is 16.6. The Labute approximate surface area is 167 Å². The number of thiol groups is 1. The summed E-state index contributed by atoms with van der Waals surface area (Å²) in [6, 6.07) is 18.2. The Morgan fingerprint density at radius 3 is 2.07 bits per heavy atom. The quantitative estimate of drug-likeness (QED) is 0.430. The van der Waals surface area contributed by atoms with Gasteiger partial charge in [-0.05, 0) is 42.4 Å². The van der Waals surface area contributed by atoms with Crippen LogP contribution in [0.2, 0.25) is 0 Å². The van der Waals surface area contributed by atoms with Crippen molar-refractivity contribution in [2.24, 2.45) is 0 Å². The van der Waals surface area contributed by atoms with Crippen LogP contribution < -0.4 is 5.11 Å². The summed E-state index contributed by atoms with van der Waals surface area (Å²) in [4.78, 5) is 10.9. The van der Waals surface area contributed by atoms with Gasteiger partial charge in [0.1, 0.15) is 6.10 Å². The number of aryl methyl sites for hydroxylation is 2. The summed E-state index contributed by atoms with van der Waals surface area (Å²) in [6.45, 7) is 0. The first-order valence-corrected chi connectivity index (χ1v) is 10.3. The number of aliphatic hydroxyl groups excluding tert-OH is 1. The number of unbranched alkanes of at least 4 members (excludes halogenated alkanes) is 5. The van der Waals surface area contributed by atoms with Gasteiger partial charge in [-0.3, -0.25) is 0 Å². The van der Waals surface area contributed by atoms with Crippen LogP contribution in [0, 0.1) is 0 Å². The maximum atomic E-state index is 10.9. The Balaban J connectivity index is 1.66. The molecule has 0 saturated carbocycles. The van der Waals surface area contributed by atoms with Crippen molar-refractivity contribution < 1.29 is 15.0 Å². The van der Waals surface area contributed by atoms with E-state index in [0.29, 0.717) is 0 Å². The van der Waals surface area contributed by atoms with E-state index in [9.17, 15) is 15.0 Å². The topological polar surface area (TPSA) is 60.4 Å². The average molecular weight is 386 g/mol. The van der Waals surface area contributed by atoms with Gasteiger partial charge in [-0.2, -0.15) is 12.6 Å². The fourth-order valence-electron chi connectivity index (χ4n) is 3.35. The molecule has 2 aromatic rings. The molecule has 2 aromatic carbocycles. The minimum atomic E-state index is -1.60. The van der Waals surface area contributed by atoms with E-state index in [2.05, 4.69) is 43.0 Å². The Hall–Kier alpha value is -1.78. The minimum absolute atomic E-state index is 0.760. The lowest BCUT2D eigenvalue weighted by atomic mass is 9.96. The molecule has 2 rings (SSSR count). The highest BCUT2D eigenvalue weighted by Gasteiger charge is 2.20. The van der Waals surface area contributed by atoms with Crippen molar-refractivity contribution >= 4 is 18.6 Å². The van der Waals surface area contributed by atoms with Crippen LogP contribution >= 0.6 is 12.6 Å². The van der Waals surface area contributed by atoms with Crippen LogP contribution in [0.4, 0.5) is 0 Å². The second-order valence-electron chi connectivity index (χ2n) is 7.01. The average Bonchev–Trinajstić information content (AvgIpc) is 2.70. The molecule has 0 fully saturated rings. The molecule has 27 heavy (non-hydrogen) atoms. The predicted octanol–water partition coefficient (Wildman–Crippen LogP) is 3.89. The molecule has 0 radical (unpaired) electrons. The summed E-state index contributed by atoms with van der Waals surface area (Å²) in [5, 5.41) is 19.8. The summed E-state index contributed by atoms with van der Waals surface area (Å²) in [5.41, 5.74) is 3.25. The zero-order valence-electron chi connectivity index (χ0n) is 15.7. The molecule has 4 heteroatoms. The van der Waals surface area contributed by atoms with Crippen LogP contribution in [0.5, 0.6) is 0 Å². The van der Waals surface area contributed by atoms with Crippen LogP contribution in [-0.2, 0) is 17.6 Å². The van der Waals surface area contributed by atoms with Gasteiger partial charge in [-0.15, -0.1) is 0 Å². The highest BCUT2D eigenvalue weighted by atomic mass is 32.1. The van der Waals surface area contributed by atoms with Crippen molar-refractivity contribution in [1.29, 1.82) is 0 Å². The summed E-state index contributed by atoms with van der Waals surface area (Å²) in [7, 11) is 0. The number of carbonyl (C=O) groups excluding carboxylic acids is 1. The minimum Gasteiger partial charge on any atom is -0.547 e. The Bertz CT molecular complexity index is 687. The van der Waals surface area contributed by atoms with E-state index in [1.165, 1.54) is 31.2 Å². The Morgan fingerprint density at radius 1 is 0.852 bits per heavy atom. The molecular weight excluding hydrogens is 356 g/mol. The molecule has 146 valence electrons. The molecule has 0 amide bonds. The second kappa shape index (κ2) is 11.8. The number of carboxylic acid groups (broad SMARTS) is 1. The first-order chi connectivity index (χ1) is 13.1. The first-order valence-electron chi connectivity index (χ1n) is 9.78. The molecule has 2 unspecified atom stereocenters. The summed E-state index contributed by atoms with van der Waals surface area (Å²) >= 11 is 4.28. The molecule has 0 aliphatic carbocycles. The van der Waals surface area contributed by atoms with Crippen LogP contribution in [0.3, 0.4) is 0 Å². The maximum Gasteiger partial charge on any atom is 0.109 e. The van der Waals surface area contributed by atoms with Gasteiger partial charge < -0.3 is 15.0 Å². The number of benzene rings is 2. The van der Waals surface area contributed by atoms with E-state index in [1.807, 2.05) is 24.3 Å². The number of carbonyl (C=O) groups is 1. The van der Waals surface area contributed by atoms with E-state index >= 15 is 0 Å². The van der Waals surface area contributed by atoms with Crippen LogP contribution in [-0.4, -0.2) is 17.2 Å². The fraction of sp³-hybridized carbons (Fsp3) is 0.435. The zero-order chi connectivity index (χ0) is 19.5. The number of aliphatic hydroxyl groups is 1. The number of carboxylic acids is 1. The number of hydrogen-bond donors (Lipinski definition) is 2. The van der Waals surface area contributed by atoms with Gasteiger partial charge in [-0.1, -0.05) is 80.3 Å². The maximum absolute atomic E-state index is 10.9. The number of rotatable bonds is 12. The van der Waals surface area contributed by atoms with Crippen molar-refractivity contribution in [3.05, 3.63) is 71.3 Å². The van der Waals surface area contributed by atoms with Crippen molar-refractivity contribution in [1.82, 2.24) is 0 Å². The van der Waals surface area contributed by atoms with Gasteiger partial charge in [0.2, 0.25) is 0 Å². The molecule has 0 heterocycles. The highest BCUT2D eigenvalue weighted by Crippen LogP contribution is 2.28. The molecule has 0 spiro atoms. The summed E-state index contributed by atoms with van der Waals surface area (Å²) in [5.74, 6) is -1.49. The standard InChI is InChI=1S/C23H30O3S/c24-21(23(25)26)22(27)20-17-11-10-16-19(20)15-9-4-2-1-3-6-12-18-13-7-5-8-14-18/h5,7-8,10-11,13-14,16-17,21-22,24,27H,1-4,6,9,12,15H2,(H,25,26)/p-1. The van der Waals surface area contributed by atoms with E-state index in [4.69, 9.17) is 0 Å². The van der Waals surface area contributed by atoms with Crippen molar-refractivity contribution in [2.45, 2.75) is 62.7 Å². The van der Waals surface area contributed by atoms with Crippen molar-refractivity contribution in [3.63, 3.8) is 0 Å². The van der Waals surface area contributed by atoms with Gasteiger partial charge >= 0.3 is 0 Å². The van der Waals surface area contributed by atoms with Gasteiger partial charge in [0.05, 0.1) is 11.2 Å². The predicted molar refractivity (Wildman–Crippen MR) is 111 cm³/mol. The molecule has 0 saturated heterocycles. The van der Waals surface area contributed by atoms with Crippen LogP contribution in [0.1, 0.15) is 60.5 Å². The molecule has 1 N–H and O–H groups in total. The first kappa shape index (κ1) is 21.5. The van der Waals surface area contributed by atoms with Gasteiger partial charge in [-0.25, -0.2) is 0 Å². The fourth-order valence-corrected chi connectivity index (χ4v) is 3.72. The van der Waals surface area contributed by atoms with Crippen LogP contribution in [0.25, 0.3) is 0 Å². The molecule has 0 bridgehead atoms. The number of hydrogen-bond acceptors (Lipinski definition) is 4. The smallest absolute Gasteiger partial charge is 0.109 e. The van der Waals surface area contributed by atoms with Crippen molar-refractivity contribution in [3.8, 4) is 0 Å². The SMILES string of the molecule is O=C([O-])C(O)C(S)c1ccccc1CCCCCCCCc1ccccc1. The Kier molecular flexibility index (Phi) is 9.43. The summed E-state index contributed by atoms with van der Waals surface area (Å²) < 4.78 is 0. The lowest BCUT2D eigenvalue weighted by molar-refractivity contribution is -0.315. The molecule has 0 aliphatic heterocycles. The lowest BCUT2D eigenvalue weighted by Crippen LogP contribution is -2.38. The third kappa shape index (κ3) is 7.39. The lowest BCUT2D eigenvalue weighted by Gasteiger charge is -2.21. The summed E-state index contributed by atoms with van der Waals surface area (Å²) in [6.07, 6.45) is 7.57. The third-order valence-electron chi connectivity index (χ3n) is 4.92. The van der Waals surface area contributed by atoms with E-state index in [1.54, 1.807) is 0 Å². The van der Waals surface area contributed by atoms with Crippen LogP contribution in [0.15, 0.2) is 54.6 Å². The molecule has 0 aromatic heterocycles. The Morgan fingerprint density at radius 2 is 1.41 bits per heavy atom. The van der Waals surface area contributed by atoms with Crippen molar-refractivity contribution in [2.75, 3.05) is 0 Å². The van der Waals surface area contributed by atoms with Gasteiger partial charge in [0.25, 0.3) is 0 Å². The van der Waals surface area contributed by atoms with Gasteiger partial charge in [0.15, 0.2) is 0 Å². The third-order valence-corrected chi connectivity index (χ3v) is 5.48.